The minimum Gasteiger partial charge on any atom is -0.369 e. The summed E-state index contributed by atoms with van der Waals surface area (Å²) in [6, 6.07) is 0. The highest BCUT2D eigenvalue weighted by atomic mass is 16.5. The van der Waals surface area contributed by atoms with Crippen LogP contribution in [0.15, 0.2) is 0 Å². The molecule has 1 rings (SSSR count). The third-order valence-corrected chi connectivity index (χ3v) is 1.95. The third-order valence-electron chi connectivity index (χ3n) is 1.95. The Morgan fingerprint density at radius 2 is 1.70 bits per heavy atom. The second kappa shape index (κ2) is 3.97. The van der Waals surface area contributed by atoms with Crippen molar-refractivity contribution in [2.24, 2.45) is 0 Å². The summed E-state index contributed by atoms with van der Waals surface area (Å²) in [4.78, 5) is 0. The second-order valence-corrected chi connectivity index (χ2v) is 3.29. The molecule has 0 saturated heterocycles. The van der Waals surface area contributed by atoms with Crippen LogP contribution in [0.3, 0.4) is 0 Å². The lowest BCUT2D eigenvalue weighted by Crippen LogP contribution is -2.17. The zero-order valence-electron chi connectivity index (χ0n) is 7.02. The Morgan fingerprint density at radius 3 is 2.20 bits per heavy atom. The molecule has 0 bridgehead atoms. The van der Waals surface area contributed by atoms with E-state index in [1.807, 2.05) is 13.8 Å². The lowest BCUT2D eigenvalue weighted by atomic mass is 9.98. The van der Waals surface area contributed by atoms with E-state index in [0.717, 1.165) is 6.10 Å². The largest absolute Gasteiger partial charge is 0.369 e. The summed E-state index contributed by atoms with van der Waals surface area (Å²) in [5.74, 6) is 0. The molecule has 0 spiro atoms. The molecule has 0 aromatic heterocycles. The van der Waals surface area contributed by atoms with Crippen LogP contribution in [0.1, 0.15) is 46.0 Å². The summed E-state index contributed by atoms with van der Waals surface area (Å²) in [6.45, 7) is 4.07. The van der Waals surface area contributed by atoms with Gasteiger partial charge in [-0.25, -0.2) is 0 Å². The summed E-state index contributed by atoms with van der Waals surface area (Å²) in [5, 5.41) is 0. The van der Waals surface area contributed by atoms with Crippen LogP contribution < -0.4 is 0 Å². The predicted molar refractivity (Wildman–Crippen MR) is 42.5 cm³/mol. The first kappa shape index (κ1) is 8.06. The first-order valence-corrected chi connectivity index (χ1v) is 4.26. The van der Waals surface area contributed by atoms with Gasteiger partial charge in [-0.05, 0) is 26.7 Å². The van der Waals surface area contributed by atoms with Gasteiger partial charge in [-0.15, -0.1) is 0 Å². The van der Waals surface area contributed by atoms with Gasteiger partial charge in [0.25, 0.3) is 0 Å². The van der Waals surface area contributed by atoms with Crippen molar-refractivity contribution >= 4 is 0 Å². The van der Waals surface area contributed by atoms with Crippen molar-refractivity contribution in [1.29, 1.82) is 0 Å². The molecule has 59 valence electrons. The third kappa shape index (κ3) is 2.70. The molecule has 0 N–H and O–H groups in total. The summed E-state index contributed by atoms with van der Waals surface area (Å²) in [7, 11) is 0. The van der Waals surface area contributed by atoms with E-state index >= 15 is 0 Å². The van der Waals surface area contributed by atoms with Gasteiger partial charge in [-0.1, -0.05) is 19.3 Å². The molecule has 0 atom stereocenters. The number of ether oxygens (including phenoxy) is 1. The molecule has 1 nitrogen and oxygen atoms in total. The molecule has 0 aromatic rings. The van der Waals surface area contributed by atoms with Gasteiger partial charge in [-0.3, -0.25) is 0 Å². The van der Waals surface area contributed by atoms with Crippen LogP contribution in [0.5, 0.6) is 0 Å². The van der Waals surface area contributed by atoms with Crippen LogP contribution in [-0.4, -0.2) is 6.10 Å². The number of hydrogen-bond acceptors (Lipinski definition) is 1. The first-order chi connectivity index (χ1) is 4.79. The monoisotopic (exact) mass is 141 g/mol. The van der Waals surface area contributed by atoms with Crippen LogP contribution in [0.25, 0.3) is 0 Å². The van der Waals surface area contributed by atoms with E-state index in [2.05, 4.69) is 0 Å². The van der Waals surface area contributed by atoms with E-state index in [0.29, 0.717) is 6.10 Å². The molecule has 0 unspecified atom stereocenters. The smallest absolute Gasteiger partial charge is 0.0913 e. The van der Waals surface area contributed by atoms with Crippen molar-refractivity contribution in [3.63, 3.8) is 0 Å². The standard InChI is InChI=1S/C9H17O/c1-8(2)10-9-6-4-3-5-7-9/h9H,3-7H2,1-2H3. The molecule has 0 aliphatic heterocycles. The Bertz CT molecular complexity index is 82.7. The number of hydrogen-bond donors (Lipinski definition) is 0. The summed E-state index contributed by atoms with van der Waals surface area (Å²) in [6.07, 6.45) is 8.32. The fourth-order valence-corrected chi connectivity index (χ4v) is 1.52. The summed E-state index contributed by atoms with van der Waals surface area (Å²) < 4.78 is 5.61. The molecule has 0 aromatic carbocycles. The lowest BCUT2D eigenvalue weighted by Gasteiger charge is -2.23. The van der Waals surface area contributed by atoms with Gasteiger partial charge in [0.15, 0.2) is 0 Å². The van der Waals surface area contributed by atoms with Gasteiger partial charge in [0.2, 0.25) is 0 Å². The van der Waals surface area contributed by atoms with Crippen LogP contribution in [-0.2, 0) is 4.74 Å². The summed E-state index contributed by atoms with van der Waals surface area (Å²) in [5.41, 5.74) is 0. The van der Waals surface area contributed by atoms with Crippen LogP contribution in [0.2, 0.25) is 0 Å². The van der Waals surface area contributed by atoms with Crippen molar-refractivity contribution in [2.75, 3.05) is 0 Å². The second-order valence-electron chi connectivity index (χ2n) is 3.29. The molecule has 1 heteroatoms. The van der Waals surface area contributed by atoms with E-state index in [4.69, 9.17) is 4.74 Å². The van der Waals surface area contributed by atoms with E-state index in [1.165, 1.54) is 32.1 Å². The maximum atomic E-state index is 5.61. The number of rotatable bonds is 2. The van der Waals surface area contributed by atoms with Crippen molar-refractivity contribution < 1.29 is 4.74 Å². The lowest BCUT2D eigenvalue weighted by molar-refractivity contribution is 0.0448. The molecule has 1 aliphatic carbocycles. The Hall–Kier alpha value is -0.0400. The highest BCUT2D eigenvalue weighted by Gasteiger charge is 2.14. The Morgan fingerprint density at radius 1 is 1.10 bits per heavy atom. The van der Waals surface area contributed by atoms with E-state index in [1.54, 1.807) is 0 Å². The van der Waals surface area contributed by atoms with Gasteiger partial charge < -0.3 is 4.74 Å². The quantitative estimate of drug-likeness (QED) is 0.574. The zero-order chi connectivity index (χ0) is 7.40. The molecule has 0 heterocycles. The normalized spacial score (nSPS) is 21.9. The molecule has 1 saturated carbocycles. The molecular formula is C9H17O. The Labute approximate surface area is 63.8 Å². The van der Waals surface area contributed by atoms with Crippen LogP contribution in [0.4, 0.5) is 0 Å². The molecule has 0 amide bonds. The van der Waals surface area contributed by atoms with Crippen molar-refractivity contribution in [3.8, 4) is 0 Å². The average Bonchev–Trinajstić information content (AvgIpc) is 1.88. The molecular weight excluding hydrogens is 124 g/mol. The van der Waals surface area contributed by atoms with E-state index in [-0.39, 0.29) is 0 Å². The van der Waals surface area contributed by atoms with Crippen molar-refractivity contribution in [3.05, 3.63) is 6.10 Å². The van der Waals surface area contributed by atoms with E-state index in [9.17, 15) is 0 Å². The Balaban J connectivity index is 2.13. The van der Waals surface area contributed by atoms with Crippen molar-refractivity contribution in [1.82, 2.24) is 0 Å². The van der Waals surface area contributed by atoms with Gasteiger partial charge in [0, 0.05) is 0 Å². The van der Waals surface area contributed by atoms with Gasteiger partial charge >= 0.3 is 0 Å². The van der Waals surface area contributed by atoms with E-state index < -0.39 is 0 Å². The topological polar surface area (TPSA) is 9.23 Å². The highest BCUT2D eigenvalue weighted by Crippen LogP contribution is 2.22. The average molecular weight is 141 g/mol. The predicted octanol–water partition coefficient (Wildman–Crippen LogP) is 2.91. The maximum Gasteiger partial charge on any atom is 0.0913 e. The van der Waals surface area contributed by atoms with Gasteiger partial charge in [0.1, 0.15) is 0 Å². The fraction of sp³-hybridized carbons (Fsp3) is 0.889. The molecule has 1 fully saturated rings. The van der Waals surface area contributed by atoms with Crippen LogP contribution >= 0.6 is 0 Å². The van der Waals surface area contributed by atoms with Gasteiger partial charge in [0.05, 0.1) is 12.2 Å². The molecule has 1 radical (unpaired) electrons. The molecule has 10 heavy (non-hydrogen) atoms. The Kier molecular flexibility index (Phi) is 3.20. The SMILES string of the molecule is C[C](C)OC1CCCCC1. The minimum atomic E-state index is 0.541. The highest BCUT2D eigenvalue weighted by molar-refractivity contribution is 4.71. The maximum absolute atomic E-state index is 5.61. The zero-order valence-corrected chi connectivity index (χ0v) is 7.02. The minimum absolute atomic E-state index is 0.541. The first-order valence-electron chi connectivity index (χ1n) is 4.26. The van der Waals surface area contributed by atoms with Gasteiger partial charge in [-0.2, -0.15) is 0 Å². The fourth-order valence-electron chi connectivity index (χ4n) is 1.52. The van der Waals surface area contributed by atoms with Crippen LogP contribution in [0, 0.1) is 6.10 Å². The summed E-state index contributed by atoms with van der Waals surface area (Å²) >= 11 is 0. The van der Waals surface area contributed by atoms with Crippen molar-refractivity contribution in [2.45, 2.75) is 52.1 Å². The molecule has 1 aliphatic rings.